The van der Waals surface area contributed by atoms with Crippen LogP contribution in [-0.4, -0.2) is 37.7 Å². The minimum absolute atomic E-state index is 0.174. The molecule has 0 fully saturated rings. The van der Waals surface area contributed by atoms with Crippen molar-refractivity contribution in [1.29, 1.82) is 0 Å². The Morgan fingerprint density at radius 1 is 1.33 bits per heavy atom. The van der Waals surface area contributed by atoms with Gasteiger partial charge in [0.25, 0.3) is 0 Å². The summed E-state index contributed by atoms with van der Waals surface area (Å²) in [5, 5.41) is 0. The van der Waals surface area contributed by atoms with Crippen LogP contribution in [0.25, 0.3) is 0 Å². The SMILES string of the molecule is COc1ccc2c3c1O[C@H]1C=CC[C@H](C31)[C@@](C)(N(C)C)C2. The zero-order chi connectivity index (χ0) is 14.8. The molecule has 0 saturated carbocycles. The van der Waals surface area contributed by atoms with E-state index in [0.29, 0.717) is 11.8 Å². The Morgan fingerprint density at radius 2 is 2.14 bits per heavy atom. The number of hydrogen-bond donors (Lipinski definition) is 0. The molecule has 0 saturated heterocycles. The van der Waals surface area contributed by atoms with Crippen LogP contribution in [0.3, 0.4) is 0 Å². The molecule has 1 heterocycles. The third-order valence-electron chi connectivity index (χ3n) is 5.93. The van der Waals surface area contributed by atoms with Gasteiger partial charge in [0.2, 0.25) is 0 Å². The molecule has 112 valence electrons. The fraction of sp³-hybridized carbons (Fsp3) is 0.556. The van der Waals surface area contributed by atoms with E-state index < -0.39 is 0 Å². The van der Waals surface area contributed by atoms with Gasteiger partial charge in [-0.05, 0) is 57.5 Å². The lowest BCUT2D eigenvalue weighted by atomic mass is 9.61. The van der Waals surface area contributed by atoms with Crippen LogP contribution < -0.4 is 9.47 Å². The summed E-state index contributed by atoms with van der Waals surface area (Å²) in [7, 11) is 6.14. The van der Waals surface area contributed by atoms with Crippen LogP contribution in [0, 0.1) is 5.92 Å². The van der Waals surface area contributed by atoms with Crippen molar-refractivity contribution in [2.45, 2.75) is 37.3 Å². The van der Waals surface area contributed by atoms with Crippen LogP contribution in [-0.2, 0) is 6.42 Å². The molecular formula is C18H23NO2. The molecule has 1 unspecified atom stereocenters. The zero-order valence-corrected chi connectivity index (χ0v) is 13.2. The lowest BCUT2D eigenvalue weighted by Gasteiger charge is -2.50. The second kappa shape index (κ2) is 4.26. The summed E-state index contributed by atoms with van der Waals surface area (Å²) in [6.45, 7) is 2.40. The van der Waals surface area contributed by atoms with E-state index in [2.05, 4.69) is 50.2 Å². The monoisotopic (exact) mass is 285 g/mol. The van der Waals surface area contributed by atoms with Crippen LogP contribution >= 0.6 is 0 Å². The van der Waals surface area contributed by atoms with Gasteiger partial charge in [-0.25, -0.2) is 0 Å². The molecule has 1 aromatic carbocycles. The molecule has 4 rings (SSSR count). The van der Waals surface area contributed by atoms with Gasteiger partial charge in [0.1, 0.15) is 6.10 Å². The van der Waals surface area contributed by atoms with E-state index in [-0.39, 0.29) is 11.6 Å². The van der Waals surface area contributed by atoms with Crippen molar-refractivity contribution >= 4 is 0 Å². The average Bonchev–Trinajstić information content (AvgIpc) is 2.86. The standard InChI is InChI=1S/C18H23NO2/c1-18(19(2)3)10-11-8-9-14(20-4)17-15(11)16-12(18)6-5-7-13(16)21-17/h5,7-9,12-13,16H,6,10H2,1-4H3/t12-,13+,16?,18+/m1/s1. The molecule has 0 amide bonds. The van der Waals surface area contributed by atoms with E-state index in [0.717, 1.165) is 24.3 Å². The Balaban J connectivity index is 1.94. The summed E-state index contributed by atoms with van der Waals surface area (Å²) >= 11 is 0. The molecule has 1 aromatic rings. The second-order valence-electron chi connectivity index (χ2n) is 6.98. The summed E-state index contributed by atoms with van der Waals surface area (Å²) in [6.07, 6.45) is 6.93. The molecule has 0 aromatic heterocycles. The minimum Gasteiger partial charge on any atom is -0.493 e. The Labute approximate surface area is 126 Å². The maximum atomic E-state index is 6.27. The molecule has 0 spiro atoms. The lowest BCUT2D eigenvalue weighted by molar-refractivity contribution is 0.0489. The molecule has 2 aliphatic carbocycles. The van der Waals surface area contributed by atoms with Gasteiger partial charge in [-0.3, -0.25) is 0 Å². The number of rotatable bonds is 2. The fourth-order valence-corrected chi connectivity index (χ4v) is 4.54. The van der Waals surface area contributed by atoms with Crippen LogP contribution in [0.4, 0.5) is 0 Å². The Morgan fingerprint density at radius 3 is 2.86 bits per heavy atom. The van der Waals surface area contributed by atoms with Gasteiger partial charge in [-0.2, -0.15) is 0 Å². The highest BCUT2D eigenvalue weighted by Gasteiger charge is 2.53. The maximum absolute atomic E-state index is 6.27. The molecule has 21 heavy (non-hydrogen) atoms. The first-order valence-electron chi connectivity index (χ1n) is 7.77. The third-order valence-corrected chi connectivity index (χ3v) is 5.93. The van der Waals surface area contributed by atoms with Crippen LogP contribution in [0.5, 0.6) is 11.5 Å². The van der Waals surface area contributed by atoms with Crippen molar-refractivity contribution in [1.82, 2.24) is 4.90 Å². The minimum atomic E-state index is 0.174. The number of hydrogen-bond acceptors (Lipinski definition) is 3. The first-order chi connectivity index (χ1) is 10.1. The predicted molar refractivity (Wildman–Crippen MR) is 83.2 cm³/mol. The third kappa shape index (κ3) is 1.58. The van der Waals surface area contributed by atoms with Gasteiger partial charge in [0.15, 0.2) is 11.5 Å². The summed E-state index contributed by atoms with van der Waals surface area (Å²) in [5.74, 6) is 2.94. The Bertz CT molecular complexity index is 622. The van der Waals surface area contributed by atoms with E-state index in [9.17, 15) is 0 Å². The molecule has 4 atom stereocenters. The van der Waals surface area contributed by atoms with Crippen LogP contribution in [0.15, 0.2) is 24.3 Å². The lowest BCUT2D eigenvalue weighted by Crippen LogP contribution is -2.55. The summed E-state index contributed by atoms with van der Waals surface area (Å²) in [5.41, 5.74) is 3.02. The number of methoxy groups -OCH3 is 1. The summed E-state index contributed by atoms with van der Waals surface area (Å²) < 4.78 is 11.8. The largest absolute Gasteiger partial charge is 0.493 e. The zero-order valence-electron chi connectivity index (χ0n) is 13.2. The number of allylic oxidation sites excluding steroid dienone is 1. The molecule has 3 heteroatoms. The Kier molecular flexibility index (Phi) is 2.68. The van der Waals surface area contributed by atoms with E-state index in [1.165, 1.54) is 11.1 Å². The summed E-state index contributed by atoms with van der Waals surface area (Å²) in [4.78, 5) is 2.40. The van der Waals surface area contributed by atoms with E-state index in [1.54, 1.807) is 7.11 Å². The van der Waals surface area contributed by atoms with Gasteiger partial charge in [-0.1, -0.05) is 12.1 Å². The molecule has 3 nitrogen and oxygen atoms in total. The number of ether oxygens (including phenoxy) is 2. The van der Waals surface area contributed by atoms with Crippen LogP contribution in [0.1, 0.15) is 30.4 Å². The highest BCUT2D eigenvalue weighted by molar-refractivity contribution is 5.59. The van der Waals surface area contributed by atoms with E-state index in [1.807, 2.05) is 0 Å². The smallest absolute Gasteiger partial charge is 0.166 e. The molecular weight excluding hydrogens is 262 g/mol. The normalized spacial score (nSPS) is 35.6. The second-order valence-corrected chi connectivity index (χ2v) is 6.98. The average molecular weight is 285 g/mol. The molecule has 1 aliphatic heterocycles. The van der Waals surface area contributed by atoms with Gasteiger partial charge >= 0.3 is 0 Å². The van der Waals surface area contributed by atoms with Gasteiger partial charge in [0, 0.05) is 17.0 Å². The predicted octanol–water partition coefficient (Wildman–Crippen LogP) is 2.99. The molecule has 0 bridgehead atoms. The van der Waals surface area contributed by atoms with Crippen molar-refractivity contribution in [3.63, 3.8) is 0 Å². The van der Waals surface area contributed by atoms with Gasteiger partial charge in [0.05, 0.1) is 7.11 Å². The maximum Gasteiger partial charge on any atom is 0.166 e. The van der Waals surface area contributed by atoms with Crippen molar-refractivity contribution < 1.29 is 9.47 Å². The van der Waals surface area contributed by atoms with Gasteiger partial charge < -0.3 is 14.4 Å². The summed E-state index contributed by atoms with van der Waals surface area (Å²) in [6, 6.07) is 4.30. The van der Waals surface area contributed by atoms with Crippen molar-refractivity contribution in [3.05, 3.63) is 35.4 Å². The quantitative estimate of drug-likeness (QED) is 0.780. The highest BCUT2D eigenvalue weighted by atomic mass is 16.5. The van der Waals surface area contributed by atoms with Crippen molar-refractivity contribution in [2.75, 3.05) is 21.2 Å². The molecule has 0 radical (unpaired) electrons. The van der Waals surface area contributed by atoms with E-state index in [4.69, 9.17) is 9.47 Å². The first-order valence-corrected chi connectivity index (χ1v) is 7.77. The van der Waals surface area contributed by atoms with Crippen molar-refractivity contribution in [3.8, 4) is 11.5 Å². The van der Waals surface area contributed by atoms with Gasteiger partial charge in [-0.15, -0.1) is 0 Å². The molecule has 0 N–H and O–H groups in total. The molecule has 3 aliphatic rings. The Hall–Kier alpha value is -1.48. The van der Waals surface area contributed by atoms with E-state index >= 15 is 0 Å². The van der Waals surface area contributed by atoms with Crippen LogP contribution in [0.2, 0.25) is 0 Å². The number of likely N-dealkylation sites (N-methyl/N-ethyl adjacent to an activating group) is 1. The number of nitrogens with zero attached hydrogens (tertiary/aromatic N) is 1. The first kappa shape index (κ1) is 13.2. The number of benzene rings is 1. The fourth-order valence-electron chi connectivity index (χ4n) is 4.54. The highest BCUT2D eigenvalue weighted by Crippen LogP contribution is 2.58. The topological polar surface area (TPSA) is 21.7 Å². The van der Waals surface area contributed by atoms with Crippen molar-refractivity contribution in [2.24, 2.45) is 5.92 Å².